The first-order chi connectivity index (χ1) is 8.88. The Bertz CT molecular complexity index is 699. The van der Waals surface area contributed by atoms with Gasteiger partial charge >= 0.3 is 0 Å². The van der Waals surface area contributed by atoms with Crippen LogP contribution in [0, 0.1) is 6.92 Å². The average molecular weight is 342 g/mol. The van der Waals surface area contributed by atoms with Crippen molar-refractivity contribution in [2.75, 3.05) is 10.5 Å². The van der Waals surface area contributed by atoms with Crippen molar-refractivity contribution in [1.82, 2.24) is 4.98 Å². The van der Waals surface area contributed by atoms with E-state index in [0.717, 1.165) is 10.0 Å². The van der Waals surface area contributed by atoms with Crippen LogP contribution in [0.15, 0.2) is 45.9 Å². The Morgan fingerprint density at radius 2 is 1.89 bits per heavy atom. The van der Waals surface area contributed by atoms with E-state index in [1.807, 2.05) is 6.92 Å². The van der Waals surface area contributed by atoms with E-state index in [2.05, 4.69) is 25.6 Å². The lowest BCUT2D eigenvalue weighted by Crippen LogP contribution is -2.14. The monoisotopic (exact) mass is 341 g/mol. The molecule has 0 radical (unpaired) electrons. The number of nitrogens with one attached hydrogen (secondary N) is 1. The van der Waals surface area contributed by atoms with E-state index in [-0.39, 0.29) is 10.7 Å². The molecule has 1 aromatic carbocycles. The predicted octanol–water partition coefficient (Wildman–Crippen LogP) is 2.54. The van der Waals surface area contributed by atoms with Crippen molar-refractivity contribution in [3.8, 4) is 0 Å². The molecule has 1 aromatic heterocycles. The molecule has 5 nitrogen and oxygen atoms in total. The molecule has 0 aliphatic heterocycles. The summed E-state index contributed by atoms with van der Waals surface area (Å²) in [6.45, 7) is 1.85. The Morgan fingerprint density at radius 3 is 2.47 bits per heavy atom. The van der Waals surface area contributed by atoms with Gasteiger partial charge in [0, 0.05) is 16.4 Å². The number of anilines is 2. The zero-order valence-corrected chi connectivity index (χ0v) is 12.5. The van der Waals surface area contributed by atoms with Crippen molar-refractivity contribution >= 4 is 37.5 Å². The van der Waals surface area contributed by atoms with E-state index in [9.17, 15) is 8.42 Å². The third kappa shape index (κ3) is 3.24. The molecule has 0 spiro atoms. The normalized spacial score (nSPS) is 11.3. The van der Waals surface area contributed by atoms with Gasteiger partial charge in [-0.05, 0) is 58.7 Å². The fraction of sp³-hybridized carbons (Fsp3) is 0.0833. The molecule has 7 heteroatoms. The van der Waals surface area contributed by atoms with E-state index < -0.39 is 10.0 Å². The van der Waals surface area contributed by atoms with Gasteiger partial charge in [0.2, 0.25) is 0 Å². The number of nitrogens with two attached hydrogens (primary N) is 1. The standard InChI is InChI=1S/C12H12BrN3O2S/c1-8-6-12(15-7-11(8)13)16-19(17,18)10-4-2-9(14)3-5-10/h2-7H,14H2,1H3,(H,15,16). The van der Waals surface area contributed by atoms with Crippen molar-refractivity contribution in [1.29, 1.82) is 0 Å². The molecule has 2 aromatic rings. The van der Waals surface area contributed by atoms with Crippen LogP contribution in [-0.2, 0) is 10.0 Å². The molecule has 3 N–H and O–H groups in total. The molecule has 0 aliphatic rings. The number of aryl methyl sites for hydroxylation is 1. The SMILES string of the molecule is Cc1cc(NS(=O)(=O)c2ccc(N)cc2)ncc1Br. The predicted molar refractivity (Wildman–Crippen MR) is 78.3 cm³/mol. The number of aromatic nitrogens is 1. The van der Waals surface area contributed by atoms with Crippen LogP contribution < -0.4 is 10.5 Å². The van der Waals surface area contributed by atoms with Gasteiger partial charge in [0.05, 0.1) is 4.90 Å². The molecule has 0 saturated carbocycles. The number of benzene rings is 1. The number of nitrogen functional groups attached to an aromatic ring is 1. The smallest absolute Gasteiger partial charge is 0.263 e. The molecular weight excluding hydrogens is 330 g/mol. The highest BCUT2D eigenvalue weighted by Gasteiger charge is 2.14. The summed E-state index contributed by atoms with van der Waals surface area (Å²) < 4.78 is 27.5. The highest BCUT2D eigenvalue weighted by Crippen LogP contribution is 2.20. The molecule has 0 fully saturated rings. The minimum Gasteiger partial charge on any atom is -0.399 e. The van der Waals surface area contributed by atoms with Gasteiger partial charge in [-0.15, -0.1) is 0 Å². The Kier molecular flexibility index (Phi) is 3.77. The second kappa shape index (κ2) is 5.18. The third-order valence-electron chi connectivity index (χ3n) is 2.48. The van der Waals surface area contributed by atoms with Gasteiger partial charge in [0.15, 0.2) is 0 Å². The van der Waals surface area contributed by atoms with Gasteiger partial charge in [-0.2, -0.15) is 0 Å². The largest absolute Gasteiger partial charge is 0.399 e. The lowest BCUT2D eigenvalue weighted by Gasteiger charge is -2.08. The van der Waals surface area contributed by atoms with Gasteiger partial charge in [0.1, 0.15) is 5.82 Å². The maximum Gasteiger partial charge on any atom is 0.263 e. The summed E-state index contributed by atoms with van der Waals surface area (Å²) in [5.74, 6) is 0.275. The maximum atomic E-state index is 12.1. The fourth-order valence-corrected chi connectivity index (χ4v) is 2.65. The van der Waals surface area contributed by atoms with Crippen LogP contribution in [0.3, 0.4) is 0 Å². The van der Waals surface area contributed by atoms with Gasteiger partial charge < -0.3 is 5.73 Å². The summed E-state index contributed by atoms with van der Waals surface area (Å²) in [7, 11) is -3.64. The summed E-state index contributed by atoms with van der Waals surface area (Å²) in [5, 5.41) is 0. The molecule has 100 valence electrons. The first-order valence-corrected chi connectivity index (χ1v) is 7.66. The zero-order chi connectivity index (χ0) is 14.0. The van der Waals surface area contributed by atoms with Gasteiger partial charge in [-0.3, -0.25) is 4.72 Å². The van der Waals surface area contributed by atoms with Crippen molar-refractivity contribution in [2.45, 2.75) is 11.8 Å². The summed E-state index contributed by atoms with van der Waals surface area (Å²) in [6.07, 6.45) is 1.55. The lowest BCUT2D eigenvalue weighted by atomic mass is 10.3. The molecule has 19 heavy (non-hydrogen) atoms. The minimum atomic E-state index is -3.64. The number of pyridine rings is 1. The molecule has 0 saturated heterocycles. The Morgan fingerprint density at radius 1 is 1.26 bits per heavy atom. The first-order valence-electron chi connectivity index (χ1n) is 5.39. The molecule has 1 heterocycles. The number of sulfonamides is 1. The quantitative estimate of drug-likeness (QED) is 0.840. The van der Waals surface area contributed by atoms with Crippen molar-refractivity contribution < 1.29 is 8.42 Å². The Labute approximate surface area is 120 Å². The number of nitrogens with zero attached hydrogens (tertiary/aromatic N) is 1. The molecule has 0 amide bonds. The van der Waals surface area contributed by atoms with Crippen LogP contribution in [0.1, 0.15) is 5.56 Å². The highest BCUT2D eigenvalue weighted by molar-refractivity contribution is 9.10. The topological polar surface area (TPSA) is 85.1 Å². The van der Waals surface area contributed by atoms with E-state index in [0.29, 0.717) is 5.69 Å². The van der Waals surface area contributed by atoms with Crippen LogP contribution in [-0.4, -0.2) is 13.4 Å². The molecule has 2 rings (SSSR count). The van der Waals surface area contributed by atoms with Gasteiger partial charge in [-0.1, -0.05) is 0 Å². The van der Waals surface area contributed by atoms with Crippen LogP contribution in [0.2, 0.25) is 0 Å². The molecule has 0 aliphatic carbocycles. The van der Waals surface area contributed by atoms with Gasteiger partial charge in [-0.25, -0.2) is 13.4 Å². The Hall–Kier alpha value is -1.60. The number of hydrogen-bond acceptors (Lipinski definition) is 4. The molecule has 0 atom stereocenters. The fourth-order valence-electron chi connectivity index (χ4n) is 1.44. The number of halogens is 1. The highest BCUT2D eigenvalue weighted by atomic mass is 79.9. The van der Waals surface area contributed by atoms with E-state index in [4.69, 9.17) is 5.73 Å². The Balaban J connectivity index is 2.30. The summed E-state index contributed by atoms with van der Waals surface area (Å²) in [4.78, 5) is 4.15. The zero-order valence-electron chi connectivity index (χ0n) is 10.1. The number of rotatable bonds is 3. The lowest BCUT2D eigenvalue weighted by molar-refractivity contribution is 0.601. The van der Waals surface area contributed by atoms with E-state index in [1.54, 1.807) is 12.3 Å². The van der Waals surface area contributed by atoms with Crippen molar-refractivity contribution in [2.24, 2.45) is 0 Å². The summed E-state index contributed by atoms with van der Waals surface area (Å²) in [6, 6.07) is 7.62. The van der Waals surface area contributed by atoms with Gasteiger partial charge in [0.25, 0.3) is 10.0 Å². The van der Waals surface area contributed by atoms with Crippen LogP contribution in [0.5, 0.6) is 0 Å². The molecule has 0 bridgehead atoms. The van der Waals surface area contributed by atoms with E-state index in [1.165, 1.54) is 24.3 Å². The summed E-state index contributed by atoms with van der Waals surface area (Å²) in [5.41, 5.74) is 6.93. The second-order valence-electron chi connectivity index (χ2n) is 3.99. The van der Waals surface area contributed by atoms with Crippen LogP contribution in [0.4, 0.5) is 11.5 Å². The number of hydrogen-bond donors (Lipinski definition) is 2. The average Bonchev–Trinajstić information content (AvgIpc) is 2.34. The first kappa shape index (κ1) is 13.8. The minimum absolute atomic E-state index is 0.143. The van der Waals surface area contributed by atoms with Crippen molar-refractivity contribution in [3.05, 3.63) is 46.6 Å². The van der Waals surface area contributed by atoms with E-state index >= 15 is 0 Å². The molecular formula is C12H12BrN3O2S. The second-order valence-corrected chi connectivity index (χ2v) is 6.53. The van der Waals surface area contributed by atoms with Crippen LogP contribution in [0.25, 0.3) is 0 Å². The molecule has 0 unspecified atom stereocenters. The maximum absolute atomic E-state index is 12.1. The van der Waals surface area contributed by atoms with Crippen molar-refractivity contribution in [3.63, 3.8) is 0 Å². The third-order valence-corrected chi connectivity index (χ3v) is 4.68. The summed E-state index contributed by atoms with van der Waals surface area (Å²) >= 11 is 3.31. The van der Waals surface area contributed by atoms with Crippen LogP contribution >= 0.6 is 15.9 Å².